The zero-order valence-electron chi connectivity index (χ0n) is 9.59. The number of carbonyl (C=O) groups excluding carboxylic acids is 1. The molecule has 3 N–H and O–H groups in total. The molecule has 0 aliphatic heterocycles. The second-order valence-corrected chi connectivity index (χ2v) is 6.40. The highest BCUT2D eigenvalue weighted by Gasteiger charge is 2.13. The number of nitrogen functional groups attached to an aromatic ring is 1. The summed E-state index contributed by atoms with van der Waals surface area (Å²) in [5.41, 5.74) is 7.35. The van der Waals surface area contributed by atoms with Crippen molar-refractivity contribution >= 4 is 70.1 Å². The molecule has 0 radical (unpaired) electrons. The number of anilines is 2. The quantitative estimate of drug-likeness (QED) is 0.771. The lowest BCUT2D eigenvalue weighted by molar-refractivity contribution is -0.116. The molecule has 2 rings (SSSR count). The van der Waals surface area contributed by atoms with E-state index < -0.39 is 0 Å². The lowest BCUT2D eigenvalue weighted by Gasteiger charge is -2.00. The van der Waals surface area contributed by atoms with Crippen molar-refractivity contribution in [3.05, 3.63) is 15.0 Å². The minimum absolute atomic E-state index is 0.0142. The molecular weight excluding hydrogens is 382 g/mol. The zero-order valence-corrected chi connectivity index (χ0v) is 13.6. The average molecular weight is 393 g/mol. The van der Waals surface area contributed by atoms with Crippen LogP contribution in [-0.2, 0) is 4.79 Å². The zero-order chi connectivity index (χ0) is 13.3. The number of carbonyl (C=O) groups is 1. The first kappa shape index (κ1) is 13.8. The van der Waals surface area contributed by atoms with Crippen LogP contribution in [0.4, 0.5) is 10.8 Å². The van der Waals surface area contributed by atoms with E-state index in [-0.39, 0.29) is 5.91 Å². The molecule has 1 aromatic heterocycles. The minimum Gasteiger partial charge on any atom is -0.397 e. The van der Waals surface area contributed by atoms with Gasteiger partial charge in [0.2, 0.25) is 5.91 Å². The van der Waals surface area contributed by atoms with Crippen LogP contribution in [-0.4, -0.2) is 10.9 Å². The van der Waals surface area contributed by atoms with Crippen molar-refractivity contribution in [2.24, 2.45) is 0 Å². The molecule has 96 valence electrons. The first-order valence-electron chi connectivity index (χ1n) is 5.36. The van der Waals surface area contributed by atoms with Gasteiger partial charge in [-0.15, -0.1) is 0 Å². The van der Waals surface area contributed by atoms with Gasteiger partial charge in [-0.25, -0.2) is 4.98 Å². The summed E-state index contributed by atoms with van der Waals surface area (Å²) < 4.78 is 2.53. The largest absolute Gasteiger partial charge is 0.397 e. The van der Waals surface area contributed by atoms with Crippen molar-refractivity contribution < 1.29 is 4.79 Å². The lowest BCUT2D eigenvalue weighted by atomic mass is 10.3. The van der Waals surface area contributed by atoms with E-state index in [2.05, 4.69) is 42.2 Å². The minimum atomic E-state index is -0.0142. The normalized spacial score (nSPS) is 10.8. The second-order valence-electron chi connectivity index (χ2n) is 3.75. The van der Waals surface area contributed by atoms with E-state index in [4.69, 9.17) is 5.73 Å². The number of amides is 1. The standard InChI is InChI=1S/C11H11Br2N3OS/c1-2-3-7(17)16-11-15-6-4-5(12)9(14)8(13)10(6)18-11/h4H,2-3,14H2,1H3,(H,15,16,17). The van der Waals surface area contributed by atoms with Gasteiger partial charge in [0.15, 0.2) is 5.13 Å². The highest BCUT2D eigenvalue weighted by molar-refractivity contribution is 9.11. The molecule has 0 aliphatic carbocycles. The summed E-state index contributed by atoms with van der Waals surface area (Å²) in [5.74, 6) is -0.0142. The van der Waals surface area contributed by atoms with Gasteiger partial charge < -0.3 is 11.1 Å². The van der Waals surface area contributed by atoms with Crippen molar-refractivity contribution in [3.8, 4) is 0 Å². The van der Waals surface area contributed by atoms with E-state index in [1.54, 1.807) is 0 Å². The Morgan fingerprint density at radius 2 is 2.28 bits per heavy atom. The van der Waals surface area contributed by atoms with Crippen LogP contribution in [0, 0.1) is 0 Å². The molecular formula is C11H11Br2N3OS. The van der Waals surface area contributed by atoms with Crippen LogP contribution in [0.1, 0.15) is 19.8 Å². The Morgan fingerprint density at radius 3 is 2.94 bits per heavy atom. The summed E-state index contributed by atoms with van der Waals surface area (Å²) in [6.07, 6.45) is 1.32. The maximum absolute atomic E-state index is 11.5. The van der Waals surface area contributed by atoms with E-state index in [0.717, 1.165) is 25.6 Å². The maximum atomic E-state index is 11.5. The molecule has 0 spiro atoms. The molecule has 18 heavy (non-hydrogen) atoms. The smallest absolute Gasteiger partial charge is 0.226 e. The number of nitrogens with two attached hydrogens (primary N) is 1. The third-order valence-electron chi connectivity index (χ3n) is 2.33. The average Bonchev–Trinajstić information content (AvgIpc) is 2.69. The predicted octanol–water partition coefficient (Wildman–Crippen LogP) is 4.14. The molecule has 0 unspecified atom stereocenters. The van der Waals surface area contributed by atoms with Crippen LogP contribution in [0.15, 0.2) is 15.0 Å². The Balaban J connectivity index is 2.39. The fourth-order valence-electron chi connectivity index (χ4n) is 1.47. The number of halogens is 2. The van der Waals surface area contributed by atoms with Gasteiger partial charge in [0, 0.05) is 10.9 Å². The van der Waals surface area contributed by atoms with Crippen molar-refractivity contribution in [1.29, 1.82) is 0 Å². The lowest BCUT2D eigenvalue weighted by Crippen LogP contribution is -2.09. The van der Waals surface area contributed by atoms with Gasteiger partial charge in [0.25, 0.3) is 0 Å². The molecule has 0 fully saturated rings. The van der Waals surface area contributed by atoms with Crippen molar-refractivity contribution in [2.45, 2.75) is 19.8 Å². The summed E-state index contributed by atoms with van der Waals surface area (Å²) in [5, 5.41) is 3.39. The van der Waals surface area contributed by atoms with Gasteiger partial charge in [-0.2, -0.15) is 0 Å². The molecule has 7 heteroatoms. The van der Waals surface area contributed by atoms with E-state index in [0.29, 0.717) is 17.2 Å². The summed E-state index contributed by atoms with van der Waals surface area (Å²) in [7, 11) is 0. The highest BCUT2D eigenvalue weighted by atomic mass is 79.9. The third-order valence-corrected chi connectivity index (χ3v) is 5.08. The molecule has 1 amide bonds. The van der Waals surface area contributed by atoms with Gasteiger partial charge >= 0.3 is 0 Å². The number of benzene rings is 1. The SMILES string of the molecule is CCCC(=O)Nc1nc2cc(Br)c(N)c(Br)c2s1. The van der Waals surface area contributed by atoms with E-state index in [1.165, 1.54) is 11.3 Å². The van der Waals surface area contributed by atoms with Gasteiger partial charge in [-0.3, -0.25) is 4.79 Å². The second kappa shape index (κ2) is 5.54. The maximum Gasteiger partial charge on any atom is 0.226 e. The Labute approximate surface area is 125 Å². The van der Waals surface area contributed by atoms with E-state index in [9.17, 15) is 4.79 Å². The number of aromatic nitrogens is 1. The van der Waals surface area contributed by atoms with Crippen LogP contribution in [0.2, 0.25) is 0 Å². The molecule has 1 heterocycles. The number of nitrogens with one attached hydrogen (secondary N) is 1. The Bertz CT molecular complexity index is 612. The fourth-order valence-corrected chi connectivity index (χ4v) is 3.73. The number of thiazole rings is 1. The first-order chi connectivity index (χ1) is 8.52. The van der Waals surface area contributed by atoms with Gasteiger partial charge in [0.1, 0.15) is 0 Å². The van der Waals surface area contributed by atoms with Crippen LogP contribution in [0.5, 0.6) is 0 Å². The van der Waals surface area contributed by atoms with Crippen LogP contribution < -0.4 is 11.1 Å². The first-order valence-corrected chi connectivity index (χ1v) is 7.77. The summed E-state index contributed by atoms with van der Waals surface area (Å²) in [6.45, 7) is 1.96. The Morgan fingerprint density at radius 1 is 1.56 bits per heavy atom. The molecule has 0 saturated carbocycles. The van der Waals surface area contributed by atoms with Crippen LogP contribution in [0.25, 0.3) is 10.2 Å². The van der Waals surface area contributed by atoms with Crippen molar-refractivity contribution in [3.63, 3.8) is 0 Å². The molecule has 4 nitrogen and oxygen atoms in total. The Kier molecular flexibility index (Phi) is 4.24. The monoisotopic (exact) mass is 391 g/mol. The molecule has 0 aliphatic rings. The number of nitrogens with zero attached hydrogens (tertiary/aromatic N) is 1. The molecule has 0 saturated heterocycles. The number of fused-ring (bicyclic) bond motifs is 1. The van der Waals surface area contributed by atoms with E-state index in [1.807, 2.05) is 13.0 Å². The van der Waals surface area contributed by atoms with Crippen LogP contribution in [0.3, 0.4) is 0 Å². The number of hydrogen-bond donors (Lipinski definition) is 2. The third kappa shape index (κ3) is 2.67. The highest BCUT2D eigenvalue weighted by Crippen LogP contribution is 2.39. The predicted molar refractivity (Wildman–Crippen MR) is 83.0 cm³/mol. The summed E-state index contributed by atoms with van der Waals surface area (Å²) in [6, 6.07) is 1.85. The molecule has 0 bridgehead atoms. The van der Waals surface area contributed by atoms with E-state index >= 15 is 0 Å². The summed E-state index contributed by atoms with van der Waals surface area (Å²) >= 11 is 8.23. The van der Waals surface area contributed by atoms with Gasteiger partial charge in [-0.1, -0.05) is 18.3 Å². The number of rotatable bonds is 3. The van der Waals surface area contributed by atoms with Gasteiger partial charge in [0.05, 0.1) is 20.4 Å². The van der Waals surface area contributed by atoms with Crippen molar-refractivity contribution in [1.82, 2.24) is 4.98 Å². The summed E-state index contributed by atoms with van der Waals surface area (Å²) in [4.78, 5) is 15.9. The van der Waals surface area contributed by atoms with Crippen LogP contribution >= 0.6 is 43.2 Å². The molecule has 0 atom stereocenters. The Hall–Kier alpha value is -0.660. The van der Waals surface area contributed by atoms with Gasteiger partial charge in [-0.05, 0) is 44.3 Å². The number of hydrogen-bond acceptors (Lipinski definition) is 4. The fraction of sp³-hybridized carbons (Fsp3) is 0.273. The molecule has 1 aromatic carbocycles. The molecule has 2 aromatic rings. The van der Waals surface area contributed by atoms with Crippen molar-refractivity contribution in [2.75, 3.05) is 11.1 Å². The topological polar surface area (TPSA) is 68.0 Å².